The molecule has 0 saturated heterocycles. The van der Waals surface area contributed by atoms with E-state index in [1.807, 2.05) is 32.2 Å². The maximum atomic E-state index is 12.7. The van der Waals surface area contributed by atoms with Crippen molar-refractivity contribution in [2.75, 3.05) is 6.54 Å². The number of nitrogens with one attached hydrogen (secondary N) is 1. The van der Waals surface area contributed by atoms with Gasteiger partial charge in [-0.15, -0.1) is 0 Å². The number of rotatable bonds is 1. The third-order valence-electron chi connectivity index (χ3n) is 2.63. The summed E-state index contributed by atoms with van der Waals surface area (Å²) in [6.45, 7) is 4.91. The van der Waals surface area contributed by atoms with Crippen molar-refractivity contribution in [2.24, 2.45) is 4.99 Å². The molecule has 2 nitrogen and oxygen atoms in total. The zero-order chi connectivity index (χ0) is 10.9. The summed E-state index contributed by atoms with van der Waals surface area (Å²) in [6.07, 6.45) is 1.95. The molecule has 1 aromatic carbocycles. The Labute approximate surface area is 89.2 Å². The second-order valence-electron chi connectivity index (χ2n) is 4.38. The molecule has 1 aliphatic rings. The number of benzene rings is 1. The molecule has 0 bridgehead atoms. The highest BCUT2D eigenvalue weighted by atomic mass is 19.1. The second-order valence-corrected chi connectivity index (χ2v) is 4.38. The maximum absolute atomic E-state index is 12.7. The lowest BCUT2D eigenvalue weighted by Gasteiger charge is -2.29. The van der Waals surface area contributed by atoms with Crippen molar-refractivity contribution in [1.29, 1.82) is 0 Å². The molecule has 3 heteroatoms. The van der Waals surface area contributed by atoms with E-state index in [0.29, 0.717) is 0 Å². The molecular formula is C12H15FN2. The van der Waals surface area contributed by atoms with Crippen molar-refractivity contribution in [1.82, 2.24) is 5.32 Å². The van der Waals surface area contributed by atoms with Gasteiger partial charge in [0.1, 0.15) is 11.5 Å². The topological polar surface area (TPSA) is 24.4 Å². The minimum Gasteiger partial charge on any atom is -0.293 e. The summed E-state index contributed by atoms with van der Waals surface area (Å²) in [4.78, 5) is 4.41. The van der Waals surface area contributed by atoms with Gasteiger partial charge in [-0.3, -0.25) is 10.3 Å². The normalized spacial score (nSPS) is 24.1. The van der Waals surface area contributed by atoms with E-state index in [4.69, 9.17) is 0 Å². The Balaban J connectivity index is 2.17. The Kier molecular flexibility index (Phi) is 2.57. The van der Waals surface area contributed by atoms with Crippen LogP contribution < -0.4 is 5.32 Å². The fourth-order valence-electron chi connectivity index (χ4n) is 1.65. The Hall–Kier alpha value is -1.22. The summed E-state index contributed by atoms with van der Waals surface area (Å²) in [6, 6.07) is 6.60. The Morgan fingerprint density at radius 1 is 1.33 bits per heavy atom. The highest BCUT2D eigenvalue weighted by Gasteiger charge is 2.22. The summed E-state index contributed by atoms with van der Waals surface area (Å²) in [7, 11) is 0. The lowest BCUT2D eigenvalue weighted by atomic mass is 9.97. The molecule has 1 aromatic rings. The molecule has 0 aromatic heterocycles. The van der Waals surface area contributed by atoms with Crippen LogP contribution >= 0.6 is 0 Å². The van der Waals surface area contributed by atoms with Crippen molar-refractivity contribution in [3.05, 3.63) is 35.6 Å². The van der Waals surface area contributed by atoms with Crippen molar-refractivity contribution < 1.29 is 4.39 Å². The van der Waals surface area contributed by atoms with Crippen LogP contribution in [-0.4, -0.2) is 18.4 Å². The van der Waals surface area contributed by atoms with Crippen LogP contribution in [0, 0.1) is 5.82 Å². The molecule has 2 rings (SSSR count). The number of aliphatic imine (C=N–C) groups is 1. The Morgan fingerprint density at radius 3 is 2.53 bits per heavy atom. The van der Waals surface area contributed by atoms with Gasteiger partial charge in [0, 0.05) is 18.7 Å². The van der Waals surface area contributed by atoms with Gasteiger partial charge in [-0.2, -0.15) is 0 Å². The van der Waals surface area contributed by atoms with Crippen LogP contribution in [0.25, 0.3) is 0 Å². The van der Waals surface area contributed by atoms with Gasteiger partial charge in [0.25, 0.3) is 0 Å². The van der Waals surface area contributed by atoms with Gasteiger partial charge in [-0.1, -0.05) is 12.1 Å². The van der Waals surface area contributed by atoms with Crippen molar-refractivity contribution in [3.63, 3.8) is 0 Å². The van der Waals surface area contributed by atoms with E-state index in [9.17, 15) is 4.39 Å². The summed E-state index contributed by atoms with van der Waals surface area (Å²) in [5.74, 6) is 0.0541. The molecular weight excluding hydrogens is 191 g/mol. The zero-order valence-corrected chi connectivity index (χ0v) is 9.00. The van der Waals surface area contributed by atoms with Gasteiger partial charge in [0.2, 0.25) is 0 Å². The summed E-state index contributed by atoms with van der Waals surface area (Å²) in [5.41, 5.74) is 0.930. The monoisotopic (exact) mass is 206 g/mol. The summed E-state index contributed by atoms with van der Waals surface area (Å²) < 4.78 is 12.7. The van der Waals surface area contributed by atoms with Crippen LogP contribution in [0.3, 0.4) is 0 Å². The van der Waals surface area contributed by atoms with Gasteiger partial charge >= 0.3 is 0 Å². The zero-order valence-electron chi connectivity index (χ0n) is 9.00. The lowest BCUT2D eigenvalue weighted by molar-refractivity contribution is 0.389. The maximum Gasteiger partial charge on any atom is 0.123 e. The number of halogens is 1. The first-order valence-corrected chi connectivity index (χ1v) is 5.13. The average molecular weight is 206 g/mol. The number of hydrogen-bond acceptors (Lipinski definition) is 2. The van der Waals surface area contributed by atoms with E-state index >= 15 is 0 Å². The third-order valence-corrected chi connectivity index (χ3v) is 2.63. The van der Waals surface area contributed by atoms with E-state index in [0.717, 1.165) is 12.1 Å². The number of hydrogen-bond donors (Lipinski definition) is 1. The van der Waals surface area contributed by atoms with Crippen LogP contribution in [0.5, 0.6) is 0 Å². The molecule has 0 saturated carbocycles. The molecule has 1 atom stereocenters. The summed E-state index contributed by atoms with van der Waals surface area (Å²) >= 11 is 0. The van der Waals surface area contributed by atoms with Crippen molar-refractivity contribution >= 4 is 6.21 Å². The molecule has 1 heterocycles. The van der Waals surface area contributed by atoms with Gasteiger partial charge in [0.15, 0.2) is 0 Å². The SMILES string of the molecule is CC1(C)N=CC(c2ccc(F)cc2)CN1. The summed E-state index contributed by atoms with van der Waals surface area (Å²) in [5, 5.41) is 3.33. The van der Waals surface area contributed by atoms with E-state index in [2.05, 4.69) is 10.3 Å². The van der Waals surface area contributed by atoms with Gasteiger partial charge < -0.3 is 0 Å². The molecule has 0 spiro atoms. The highest BCUT2D eigenvalue weighted by molar-refractivity contribution is 5.69. The molecule has 0 fully saturated rings. The molecule has 0 aliphatic carbocycles. The molecule has 1 unspecified atom stereocenters. The molecule has 1 N–H and O–H groups in total. The standard InChI is InChI=1S/C12H15FN2/c1-12(2)14-7-10(8-15-12)9-3-5-11(13)6-4-9/h3-7,10,15H,8H2,1-2H3. The molecule has 0 amide bonds. The molecule has 80 valence electrons. The van der Waals surface area contributed by atoms with Crippen molar-refractivity contribution in [3.8, 4) is 0 Å². The first-order valence-electron chi connectivity index (χ1n) is 5.13. The van der Waals surface area contributed by atoms with E-state index in [1.165, 1.54) is 12.1 Å². The lowest BCUT2D eigenvalue weighted by Crippen LogP contribution is -2.43. The predicted octanol–water partition coefficient (Wildman–Crippen LogP) is 2.32. The van der Waals surface area contributed by atoms with E-state index in [-0.39, 0.29) is 17.4 Å². The first kappa shape index (κ1) is 10.3. The van der Waals surface area contributed by atoms with E-state index < -0.39 is 0 Å². The molecule has 1 aliphatic heterocycles. The Morgan fingerprint density at radius 2 is 2.00 bits per heavy atom. The fourth-order valence-corrected chi connectivity index (χ4v) is 1.65. The largest absolute Gasteiger partial charge is 0.293 e. The van der Waals surface area contributed by atoms with Gasteiger partial charge in [0.05, 0.1) is 0 Å². The van der Waals surface area contributed by atoms with Crippen LogP contribution in [0.2, 0.25) is 0 Å². The molecule has 0 radical (unpaired) electrons. The van der Waals surface area contributed by atoms with Crippen LogP contribution in [0.4, 0.5) is 4.39 Å². The quantitative estimate of drug-likeness (QED) is 0.749. The van der Waals surface area contributed by atoms with Crippen LogP contribution in [0.15, 0.2) is 29.3 Å². The van der Waals surface area contributed by atoms with E-state index in [1.54, 1.807) is 0 Å². The van der Waals surface area contributed by atoms with Crippen LogP contribution in [-0.2, 0) is 0 Å². The first-order chi connectivity index (χ1) is 7.07. The Bertz CT molecular complexity index is 368. The minimum absolute atomic E-state index is 0.170. The average Bonchev–Trinajstić information content (AvgIpc) is 2.20. The minimum atomic E-state index is -0.195. The molecule has 15 heavy (non-hydrogen) atoms. The van der Waals surface area contributed by atoms with Gasteiger partial charge in [-0.05, 0) is 31.5 Å². The van der Waals surface area contributed by atoms with Gasteiger partial charge in [-0.25, -0.2) is 4.39 Å². The third kappa shape index (κ3) is 2.42. The fraction of sp³-hybridized carbons (Fsp3) is 0.417. The smallest absolute Gasteiger partial charge is 0.123 e. The van der Waals surface area contributed by atoms with Crippen molar-refractivity contribution in [2.45, 2.75) is 25.4 Å². The van der Waals surface area contributed by atoms with Crippen LogP contribution in [0.1, 0.15) is 25.3 Å². The predicted molar refractivity (Wildman–Crippen MR) is 59.7 cm³/mol. The number of nitrogens with zero attached hydrogens (tertiary/aromatic N) is 1. The highest BCUT2D eigenvalue weighted by Crippen LogP contribution is 2.19. The second kappa shape index (κ2) is 3.74.